The molecule has 5 nitrogen and oxygen atoms in total. The molecular formula is C21H35ClN4OS. The average molecular weight is 427 g/mol. The van der Waals surface area contributed by atoms with Crippen molar-refractivity contribution in [2.24, 2.45) is 0 Å². The fraction of sp³-hybridized carbons (Fsp3) is 0.571. The molecule has 0 fully saturated rings. The average Bonchev–Trinajstić information content (AvgIpc) is 2.69. The largest absolute Gasteiger partial charge is 0.378 e. The molecule has 0 N–H and O–H groups in total. The summed E-state index contributed by atoms with van der Waals surface area (Å²) < 4.78 is 1.79. The van der Waals surface area contributed by atoms with Gasteiger partial charge in [-0.15, -0.1) is 11.8 Å². The summed E-state index contributed by atoms with van der Waals surface area (Å²) in [5, 5.41) is 0.534. The van der Waals surface area contributed by atoms with Crippen molar-refractivity contribution in [1.29, 1.82) is 0 Å². The Balaban J connectivity index is 0.000000520. The maximum atomic E-state index is 12.2. The SMILES string of the molecule is CC.CCCC(CC)n1cnc(C)c(SC)c1=O.CN(C)c1ccnc(Cl)c1. The number of hydrogen-bond donors (Lipinski definition) is 0. The molecule has 28 heavy (non-hydrogen) atoms. The quantitative estimate of drug-likeness (QED) is 0.428. The summed E-state index contributed by atoms with van der Waals surface area (Å²) in [6, 6.07) is 4.02. The number of hydrogen-bond acceptors (Lipinski definition) is 5. The molecule has 0 amide bonds. The lowest BCUT2D eigenvalue weighted by atomic mass is 10.1. The summed E-state index contributed by atoms with van der Waals surface area (Å²) in [5.74, 6) is 0. The van der Waals surface area contributed by atoms with Gasteiger partial charge in [-0.25, -0.2) is 9.97 Å². The molecule has 1 unspecified atom stereocenters. The van der Waals surface area contributed by atoms with Crippen LogP contribution in [-0.4, -0.2) is 34.9 Å². The Morgan fingerprint density at radius 3 is 2.32 bits per heavy atom. The molecule has 2 heterocycles. The zero-order chi connectivity index (χ0) is 21.7. The molecule has 0 aliphatic rings. The lowest BCUT2D eigenvalue weighted by Gasteiger charge is -2.18. The van der Waals surface area contributed by atoms with Gasteiger partial charge in [-0.05, 0) is 38.2 Å². The van der Waals surface area contributed by atoms with Gasteiger partial charge in [0.15, 0.2) is 0 Å². The second-order valence-corrected chi connectivity index (χ2v) is 7.36. The predicted molar refractivity (Wildman–Crippen MR) is 124 cm³/mol. The molecule has 1 atom stereocenters. The number of pyridine rings is 1. The van der Waals surface area contributed by atoms with E-state index in [1.165, 1.54) is 11.8 Å². The number of rotatable bonds is 6. The van der Waals surface area contributed by atoms with Crippen molar-refractivity contribution in [2.45, 2.75) is 64.8 Å². The van der Waals surface area contributed by atoms with Gasteiger partial charge in [0, 0.05) is 32.0 Å². The summed E-state index contributed by atoms with van der Waals surface area (Å²) in [6.45, 7) is 10.1. The second kappa shape index (κ2) is 14.5. The molecule has 0 radical (unpaired) electrons. The van der Waals surface area contributed by atoms with Gasteiger partial charge in [-0.1, -0.05) is 45.7 Å². The van der Waals surface area contributed by atoms with Crippen LogP contribution in [0.1, 0.15) is 58.7 Å². The molecule has 0 aromatic carbocycles. The van der Waals surface area contributed by atoms with E-state index in [0.29, 0.717) is 5.15 Å². The van der Waals surface area contributed by atoms with Crippen molar-refractivity contribution in [3.05, 3.63) is 45.9 Å². The highest BCUT2D eigenvalue weighted by Crippen LogP contribution is 2.18. The highest BCUT2D eigenvalue weighted by Gasteiger charge is 2.13. The van der Waals surface area contributed by atoms with Crippen LogP contribution in [0.15, 0.2) is 34.3 Å². The molecule has 2 aromatic heterocycles. The number of aromatic nitrogens is 3. The molecule has 2 rings (SSSR count). The second-order valence-electron chi connectivity index (χ2n) is 6.16. The van der Waals surface area contributed by atoms with Crippen molar-refractivity contribution in [3.8, 4) is 0 Å². The zero-order valence-electron chi connectivity index (χ0n) is 18.5. The van der Waals surface area contributed by atoms with Crippen LogP contribution in [0, 0.1) is 6.92 Å². The third kappa shape index (κ3) is 8.23. The highest BCUT2D eigenvalue weighted by molar-refractivity contribution is 7.98. The summed E-state index contributed by atoms with van der Waals surface area (Å²) in [6.07, 6.45) is 8.42. The maximum Gasteiger partial charge on any atom is 0.267 e. The summed E-state index contributed by atoms with van der Waals surface area (Å²) in [7, 11) is 3.93. The maximum absolute atomic E-state index is 12.2. The first-order valence-corrected chi connectivity index (χ1v) is 11.4. The summed E-state index contributed by atoms with van der Waals surface area (Å²) >= 11 is 7.14. The first kappa shape index (κ1) is 26.5. The molecular weight excluding hydrogens is 392 g/mol. The van der Waals surface area contributed by atoms with Gasteiger partial charge in [-0.2, -0.15) is 0 Å². The van der Waals surface area contributed by atoms with Crippen LogP contribution in [0.2, 0.25) is 5.15 Å². The fourth-order valence-corrected chi connectivity index (χ4v) is 3.37. The van der Waals surface area contributed by atoms with E-state index in [1.54, 1.807) is 17.1 Å². The van der Waals surface area contributed by atoms with Crippen molar-refractivity contribution < 1.29 is 0 Å². The van der Waals surface area contributed by atoms with E-state index < -0.39 is 0 Å². The molecule has 158 valence electrons. The normalized spacial score (nSPS) is 10.9. The molecule has 0 bridgehead atoms. The fourth-order valence-electron chi connectivity index (χ4n) is 2.57. The van der Waals surface area contributed by atoms with Crippen LogP contribution in [0.4, 0.5) is 5.69 Å². The van der Waals surface area contributed by atoms with E-state index in [-0.39, 0.29) is 11.6 Å². The van der Waals surface area contributed by atoms with Crippen LogP contribution in [-0.2, 0) is 0 Å². The minimum atomic E-state index is 0.111. The molecule has 7 heteroatoms. The van der Waals surface area contributed by atoms with Crippen LogP contribution >= 0.6 is 23.4 Å². The summed E-state index contributed by atoms with van der Waals surface area (Å²) in [4.78, 5) is 23.1. The predicted octanol–water partition coefficient (Wildman–Crippen LogP) is 5.85. The number of anilines is 1. The number of thioether (sulfide) groups is 1. The van der Waals surface area contributed by atoms with E-state index in [4.69, 9.17) is 11.6 Å². The summed E-state index contributed by atoms with van der Waals surface area (Å²) in [5.41, 5.74) is 2.01. The Labute approximate surface area is 179 Å². The molecule has 0 aliphatic heterocycles. The smallest absolute Gasteiger partial charge is 0.267 e. The first-order valence-electron chi connectivity index (χ1n) is 9.76. The van der Waals surface area contributed by atoms with Crippen LogP contribution in [0.3, 0.4) is 0 Å². The van der Waals surface area contributed by atoms with Crippen molar-refractivity contribution in [2.75, 3.05) is 25.3 Å². The minimum Gasteiger partial charge on any atom is -0.378 e. The van der Waals surface area contributed by atoms with Crippen molar-refractivity contribution in [1.82, 2.24) is 14.5 Å². The molecule has 2 aromatic rings. The number of aryl methyl sites for hydroxylation is 1. The van der Waals surface area contributed by atoms with Gasteiger partial charge >= 0.3 is 0 Å². The Morgan fingerprint density at radius 2 is 1.89 bits per heavy atom. The molecule has 0 aliphatic carbocycles. The minimum absolute atomic E-state index is 0.111. The van der Waals surface area contributed by atoms with Gasteiger partial charge in [-0.3, -0.25) is 9.36 Å². The van der Waals surface area contributed by atoms with Crippen molar-refractivity contribution >= 4 is 29.1 Å². The van der Waals surface area contributed by atoms with Gasteiger partial charge in [0.2, 0.25) is 0 Å². The third-order valence-corrected chi connectivity index (χ3v) is 5.14. The van der Waals surface area contributed by atoms with E-state index in [9.17, 15) is 4.79 Å². The standard InChI is InChI=1S/C12H20N2OS.C7H9ClN2.C2H6/c1-5-7-10(6-2)14-8-13-9(3)11(16-4)12(14)15;1-10(2)6-3-4-9-7(8)5-6;1-2/h8,10H,5-7H2,1-4H3;3-5H,1-2H3;1-2H3. The Kier molecular flexibility index (Phi) is 13.7. The van der Waals surface area contributed by atoms with Gasteiger partial charge in [0.1, 0.15) is 5.15 Å². The van der Waals surface area contributed by atoms with Crippen LogP contribution in [0.5, 0.6) is 0 Å². The monoisotopic (exact) mass is 426 g/mol. The van der Waals surface area contributed by atoms with Gasteiger partial charge in [0.25, 0.3) is 5.56 Å². The first-order chi connectivity index (χ1) is 13.3. The van der Waals surface area contributed by atoms with Gasteiger partial charge < -0.3 is 4.90 Å². The van der Waals surface area contributed by atoms with E-state index in [2.05, 4.69) is 23.8 Å². The highest BCUT2D eigenvalue weighted by atomic mass is 35.5. The Hall–Kier alpha value is -1.53. The zero-order valence-corrected chi connectivity index (χ0v) is 20.1. The number of nitrogens with zero attached hydrogens (tertiary/aromatic N) is 4. The Bertz CT molecular complexity index is 749. The topological polar surface area (TPSA) is 51.0 Å². The molecule has 0 saturated carbocycles. The van der Waals surface area contributed by atoms with Crippen LogP contribution < -0.4 is 10.5 Å². The van der Waals surface area contributed by atoms with Crippen LogP contribution in [0.25, 0.3) is 0 Å². The van der Waals surface area contributed by atoms with E-state index in [1.807, 2.05) is 58.2 Å². The lowest BCUT2D eigenvalue weighted by molar-refractivity contribution is 0.425. The van der Waals surface area contributed by atoms with E-state index >= 15 is 0 Å². The lowest BCUT2D eigenvalue weighted by Crippen LogP contribution is -2.26. The Morgan fingerprint density at radius 1 is 1.25 bits per heavy atom. The van der Waals surface area contributed by atoms with Crippen molar-refractivity contribution in [3.63, 3.8) is 0 Å². The molecule has 0 spiro atoms. The van der Waals surface area contributed by atoms with Gasteiger partial charge in [0.05, 0.1) is 16.9 Å². The van der Waals surface area contributed by atoms with E-state index in [0.717, 1.165) is 35.5 Å². The molecule has 0 saturated heterocycles. The third-order valence-electron chi connectivity index (χ3n) is 4.05. The number of halogens is 1.